The summed E-state index contributed by atoms with van der Waals surface area (Å²) in [6.07, 6.45) is 4.19. The summed E-state index contributed by atoms with van der Waals surface area (Å²) in [7, 11) is 0. The second kappa shape index (κ2) is 7.08. The molecule has 2 atom stereocenters. The second-order valence-corrected chi connectivity index (χ2v) is 5.60. The van der Waals surface area contributed by atoms with Crippen molar-refractivity contribution in [3.63, 3.8) is 0 Å². The molecule has 0 heterocycles. The maximum Gasteiger partial charge on any atom is 0.243 e. The van der Waals surface area contributed by atoms with Crippen LogP contribution in [-0.2, 0) is 9.59 Å². The molecule has 4 nitrogen and oxygen atoms in total. The van der Waals surface area contributed by atoms with Crippen LogP contribution in [0.3, 0.4) is 0 Å². The fourth-order valence-electron chi connectivity index (χ4n) is 2.71. The second-order valence-electron chi connectivity index (χ2n) is 5.60. The molecule has 0 aromatic heterocycles. The van der Waals surface area contributed by atoms with E-state index in [1.807, 2.05) is 30.3 Å². The molecule has 1 aliphatic carbocycles. The van der Waals surface area contributed by atoms with Crippen molar-refractivity contribution in [2.75, 3.05) is 11.9 Å². The number of carbonyl (C=O) groups excluding carboxylic acids is 2. The van der Waals surface area contributed by atoms with Gasteiger partial charge in [-0.25, -0.2) is 0 Å². The molecule has 2 rings (SSSR count). The van der Waals surface area contributed by atoms with Crippen molar-refractivity contribution in [2.45, 2.75) is 32.6 Å². The third-order valence-corrected chi connectivity index (χ3v) is 3.79. The summed E-state index contributed by atoms with van der Waals surface area (Å²) in [4.78, 5) is 23.7. The lowest BCUT2D eigenvalue weighted by atomic mass is 9.82. The van der Waals surface area contributed by atoms with Gasteiger partial charge in [0.1, 0.15) is 0 Å². The van der Waals surface area contributed by atoms with E-state index in [-0.39, 0.29) is 24.3 Å². The maximum absolute atomic E-state index is 12.0. The van der Waals surface area contributed by atoms with Crippen LogP contribution < -0.4 is 10.6 Å². The molecule has 2 N–H and O–H groups in total. The first-order valence-electron chi connectivity index (χ1n) is 7.28. The minimum atomic E-state index is -0.187. The Balaban J connectivity index is 1.74. The van der Waals surface area contributed by atoms with Gasteiger partial charge in [0.2, 0.25) is 11.8 Å². The molecule has 1 saturated carbocycles. The number of hydrogen-bond donors (Lipinski definition) is 2. The number of amides is 2. The van der Waals surface area contributed by atoms with Crippen molar-refractivity contribution >= 4 is 17.5 Å². The van der Waals surface area contributed by atoms with Crippen LogP contribution in [0.15, 0.2) is 30.3 Å². The lowest BCUT2D eigenvalue weighted by molar-refractivity contribution is -0.128. The van der Waals surface area contributed by atoms with E-state index in [0.717, 1.165) is 24.9 Å². The smallest absolute Gasteiger partial charge is 0.243 e. The fraction of sp³-hybridized carbons (Fsp3) is 0.500. The first-order valence-corrected chi connectivity index (χ1v) is 7.28. The Bertz CT molecular complexity index is 459. The predicted octanol–water partition coefficient (Wildman–Crippen LogP) is 2.57. The summed E-state index contributed by atoms with van der Waals surface area (Å²) in [5.74, 6) is 0.508. The Morgan fingerprint density at radius 2 is 1.95 bits per heavy atom. The third-order valence-electron chi connectivity index (χ3n) is 3.79. The molecule has 108 valence electrons. The monoisotopic (exact) mass is 274 g/mol. The van der Waals surface area contributed by atoms with Crippen molar-refractivity contribution in [1.29, 1.82) is 0 Å². The molecule has 2 amide bonds. The number of nitrogens with one attached hydrogen (secondary N) is 2. The average Bonchev–Trinajstić information content (AvgIpc) is 2.46. The Morgan fingerprint density at radius 3 is 2.65 bits per heavy atom. The van der Waals surface area contributed by atoms with Crippen LogP contribution in [-0.4, -0.2) is 18.4 Å². The van der Waals surface area contributed by atoms with Gasteiger partial charge in [0, 0.05) is 11.6 Å². The van der Waals surface area contributed by atoms with Crippen molar-refractivity contribution in [2.24, 2.45) is 11.8 Å². The van der Waals surface area contributed by atoms with Gasteiger partial charge in [-0.1, -0.05) is 38.0 Å². The highest BCUT2D eigenvalue weighted by Crippen LogP contribution is 2.28. The quantitative estimate of drug-likeness (QED) is 0.886. The van der Waals surface area contributed by atoms with Crippen LogP contribution in [0.2, 0.25) is 0 Å². The Hall–Kier alpha value is -1.84. The summed E-state index contributed by atoms with van der Waals surface area (Å²) in [6.45, 7) is 2.22. The van der Waals surface area contributed by atoms with Gasteiger partial charge in [0.15, 0.2) is 0 Å². The number of para-hydroxylation sites is 1. The molecule has 0 aliphatic heterocycles. The van der Waals surface area contributed by atoms with Gasteiger partial charge in [-0.05, 0) is 30.9 Å². The highest BCUT2D eigenvalue weighted by molar-refractivity contribution is 5.94. The minimum Gasteiger partial charge on any atom is -0.347 e. The molecule has 1 aliphatic rings. The number of anilines is 1. The molecule has 20 heavy (non-hydrogen) atoms. The SMILES string of the molecule is CC1CCCC(C(=O)NCC(=O)Nc2ccccc2)C1. The molecular formula is C16H22N2O2. The molecule has 2 unspecified atom stereocenters. The molecule has 1 aromatic carbocycles. The normalized spacial score (nSPS) is 22.1. The van der Waals surface area contributed by atoms with Crippen molar-refractivity contribution in [1.82, 2.24) is 5.32 Å². The minimum absolute atomic E-state index is 0.0137. The van der Waals surface area contributed by atoms with Crippen LogP contribution >= 0.6 is 0 Å². The average molecular weight is 274 g/mol. The third kappa shape index (κ3) is 4.37. The Morgan fingerprint density at radius 1 is 1.20 bits per heavy atom. The van der Waals surface area contributed by atoms with Gasteiger partial charge < -0.3 is 10.6 Å². The number of carbonyl (C=O) groups is 2. The number of benzene rings is 1. The van der Waals surface area contributed by atoms with Crippen molar-refractivity contribution in [3.05, 3.63) is 30.3 Å². The van der Waals surface area contributed by atoms with Crippen LogP contribution in [0.25, 0.3) is 0 Å². The first-order chi connectivity index (χ1) is 9.65. The van der Waals surface area contributed by atoms with E-state index in [0.29, 0.717) is 5.92 Å². The molecule has 0 bridgehead atoms. The molecule has 1 aromatic rings. The van der Waals surface area contributed by atoms with Crippen LogP contribution in [0.4, 0.5) is 5.69 Å². The molecule has 1 fully saturated rings. The molecule has 0 spiro atoms. The Labute approximate surface area is 119 Å². The zero-order valence-corrected chi connectivity index (χ0v) is 11.9. The van der Waals surface area contributed by atoms with Gasteiger partial charge in [-0.15, -0.1) is 0 Å². The highest BCUT2D eigenvalue weighted by Gasteiger charge is 2.24. The summed E-state index contributed by atoms with van der Waals surface area (Å²) in [6, 6.07) is 9.25. The largest absolute Gasteiger partial charge is 0.347 e. The van der Waals surface area contributed by atoms with Gasteiger partial charge >= 0.3 is 0 Å². The summed E-state index contributed by atoms with van der Waals surface area (Å²) >= 11 is 0. The van der Waals surface area contributed by atoms with E-state index in [1.165, 1.54) is 6.42 Å². The van der Waals surface area contributed by atoms with Crippen molar-refractivity contribution < 1.29 is 9.59 Å². The van der Waals surface area contributed by atoms with E-state index >= 15 is 0 Å². The maximum atomic E-state index is 12.0. The van der Waals surface area contributed by atoms with Gasteiger partial charge in [-0.3, -0.25) is 9.59 Å². The van der Waals surface area contributed by atoms with E-state index in [1.54, 1.807) is 0 Å². The van der Waals surface area contributed by atoms with Gasteiger partial charge in [0.25, 0.3) is 0 Å². The van der Waals surface area contributed by atoms with Crippen LogP contribution in [0.1, 0.15) is 32.6 Å². The zero-order chi connectivity index (χ0) is 14.4. The van der Waals surface area contributed by atoms with E-state index in [9.17, 15) is 9.59 Å². The Kier molecular flexibility index (Phi) is 5.16. The topological polar surface area (TPSA) is 58.2 Å². The lowest BCUT2D eigenvalue weighted by Gasteiger charge is -2.25. The molecular weight excluding hydrogens is 252 g/mol. The standard InChI is InChI=1S/C16H22N2O2/c1-12-6-5-7-13(10-12)16(20)17-11-15(19)18-14-8-3-2-4-9-14/h2-4,8-9,12-13H,5-7,10-11H2,1H3,(H,17,20)(H,18,19). The molecule has 0 saturated heterocycles. The number of rotatable bonds is 4. The highest BCUT2D eigenvalue weighted by atomic mass is 16.2. The molecule has 0 radical (unpaired) electrons. The van der Waals surface area contributed by atoms with Crippen LogP contribution in [0, 0.1) is 11.8 Å². The predicted molar refractivity (Wildman–Crippen MR) is 79.2 cm³/mol. The number of hydrogen-bond acceptors (Lipinski definition) is 2. The van der Waals surface area contributed by atoms with E-state index in [4.69, 9.17) is 0 Å². The molecule has 4 heteroatoms. The first kappa shape index (κ1) is 14.6. The van der Waals surface area contributed by atoms with Gasteiger partial charge in [-0.2, -0.15) is 0 Å². The van der Waals surface area contributed by atoms with Gasteiger partial charge in [0.05, 0.1) is 6.54 Å². The van der Waals surface area contributed by atoms with E-state index < -0.39 is 0 Å². The summed E-state index contributed by atoms with van der Waals surface area (Å²) in [5, 5.41) is 5.50. The van der Waals surface area contributed by atoms with Crippen molar-refractivity contribution in [3.8, 4) is 0 Å². The lowest BCUT2D eigenvalue weighted by Crippen LogP contribution is -2.38. The fourth-order valence-corrected chi connectivity index (χ4v) is 2.71. The van der Waals surface area contributed by atoms with E-state index in [2.05, 4.69) is 17.6 Å². The summed E-state index contributed by atoms with van der Waals surface area (Å²) in [5.41, 5.74) is 0.748. The zero-order valence-electron chi connectivity index (χ0n) is 11.9. The summed E-state index contributed by atoms with van der Waals surface area (Å²) < 4.78 is 0. The van der Waals surface area contributed by atoms with Crippen LogP contribution in [0.5, 0.6) is 0 Å².